The van der Waals surface area contributed by atoms with E-state index in [2.05, 4.69) is 42.7 Å². The Morgan fingerprint density at radius 2 is 2.12 bits per heavy atom. The van der Waals surface area contributed by atoms with Crippen molar-refractivity contribution >= 4 is 11.6 Å². The fraction of sp³-hybridized carbons (Fsp3) is 0.478. The molecule has 5 rings (SSSR count). The molecule has 168 valence electrons. The van der Waals surface area contributed by atoms with Gasteiger partial charge in [0, 0.05) is 44.6 Å². The van der Waals surface area contributed by atoms with E-state index < -0.39 is 11.7 Å². The lowest BCUT2D eigenvalue weighted by atomic mass is 9.97. The lowest BCUT2D eigenvalue weighted by Gasteiger charge is -2.39. The molecule has 0 aromatic carbocycles. The summed E-state index contributed by atoms with van der Waals surface area (Å²) in [5.41, 5.74) is 3.70. The van der Waals surface area contributed by atoms with Crippen LogP contribution in [0.4, 0.5) is 0 Å². The van der Waals surface area contributed by atoms with Crippen LogP contribution in [-0.2, 0) is 27.4 Å². The van der Waals surface area contributed by atoms with Crippen LogP contribution in [0.15, 0.2) is 36.8 Å². The third-order valence-corrected chi connectivity index (χ3v) is 6.18. The van der Waals surface area contributed by atoms with Gasteiger partial charge in [-0.25, -0.2) is 15.0 Å². The summed E-state index contributed by atoms with van der Waals surface area (Å²) < 4.78 is 14.2. The molecule has 0 saturated carbocycles. The number of carbonyl (C=O) groups excluding carboxylic acids is 1. The molecule has 3 aromatic rings. The number of imidazole rings is 1. The highest BCUT2D eigenvalue weighted by atomic mass is 16.6. The van der Waals surface area contributed by atoms with Gasteiger partial charge in [0.2, 0.25) is 5.91 Å². The molecule has 2 atom stereocenters. The van der Waals surface area contributed by atoms with E-state index in [0.717, 1.165) is 36.5 Å². The molecule has 0 aliphatic carbocycles. The zero-order valence-electron chi connectivity index (χ0n) is 18.5. The molecule has 9 heteroatoms. The fourth-order valence-corrected chi connectivity index (χ4v) is 4.50. The van der Waals surface area contributed by atoms with Crippen molar-refractivity contribution in [3.63, 3.8) is 0 Å². The first kappa shape index (κ1) is 21.0. The summed E-state index contributed by atoms with van der Waals surface area (Å²) in [5.74, 6) is 0.435. The number of ether oxygens (including phenoxy) is 2. The smallest absolute Gasteiger partial charge is 0.249 e. The first-order chi connectivity index (χ1) is 15.5. The van der Waals surface area contributed by atoms with Gasteiger partial charge in [0.15, 0.2) is 0 Å². The first-order valence-electron chi connectivity index (χ1n) is 11.0. The summed E-state index contributed by atoms with van der Waals surface area (Å²) in [4.78, 5) is 28.2. The van der Waals surface area contributed by atoms with Gasteiger partial charge in [-0.1, -0.05) is 6.07 Å². The van der Waals surface area contributed by atoms with E-state index >= 15 is 0 Å². The molecule has 0 radical (unpaired) electrons. The maximum Gasteiger partial charge on any atom is 0.249 e. The standard InChI is InChI=1S/C23H28N6O3/c1-16-10-24-20(25-11-16)12-26-22(30)19-9-23(15-31-19)14-28(7-8-32-23)13-18-17(2)27-21-5-3-4-6-29(18)21/h3-6,10-11,19H,7-9,12-15H2,1-2H3,(H,26,30). The number of pyridine rings is 1. The average Bonchev–Trinajstić information content (AvgIpc) is 3.34. The monoisotopic (exact) mass is 436 g/mol. The number of carbonyl (C=O) groups is 1. The Morgan fingerprint density at radius 3 is 2.97 bits per heavy atom. The molecule has 3 aromatic heterocycles. The van der Waals surface area contributed by atoms with Crippen LogP contribution in [0.2, 0.25) is 0 Å². The number of rotatable bonds is 5. The Bertz CT molecular complexity index is 1110. The number of aryl methyl sites for hydroxylation is 2. The van der Waals surface area contributed by atoms with Crippen LogP contribution in [0, 0.1) is 13.8 Å². The van der Waals surface area contributed by atoms with Crippen molar-refractivity contribution in [1.29, 1.82) is 0 Å². The number of aromatic nitrogens is 4. The van der Waals surface area contributed by atoms with Gasteiger partial charge in [-0.05, 0) is 31.5 Å². The van der Waals surface area contributed by atoms with Crippen LogP contribution >= 0.6 is 0 Å². The molecule has 5 heterocycles. The summed E-state index contributed by atoms with van der Waals surface area (Å²) in [6, 6.07) is 6.04. The topological polar surface area (TPSA) is 93.9 Å². The number of fused-ring (bicyclic) bond motifs is 1. The largest absolute Gasteiger partial charge is 0.370 e. The molecule has 2 aliphatic rings. The molecule has 1 amide bonds. The van der Waals surface area contributed by atoms with E-state index in [1.165, 1.54) is 5.69 Å². The average molecular weight is 437 g/mol. The molecule has 1 N–H and O–H groups in total. The van der Waals surface area contributed by atoms with Gasteiger partial charge in [-0.15, -0.1) is 0 Å². The van der Waals surface area contributed by atoms with Crippen LogP contribution in [-0.4, -0.2) is 68.2 Å². The molecule has 2 unspecified atom stereocenters. The summed E-state index contributed by atoms with van der Waals surface area (Å²) in [5, 5.41) is 2.89. The maximum absolute atomic E-state index is 12.7. The summed E-state index contributed by atoms with van der Waals surface area (Å²) in [6.45, 7) is 7.63. The highest BCUT2D eigenvalue weighted by Crippen LogP contribution is 2.32. The van der Waals surface area contributed by atoms with Crippen molar-refractivity contribution in [2.24, 2.45) is 0 Å². The number of hydrogen-bond acceptors (Lipinski definition) is 7. The molecule has 9 nitrogen and oxygen atoms in total. The van der Waals surface area contributed by atoms with Crippen LogP contribution in [0.1, 0.15) is 29.2 Å². The number of hydrogen-bond donors (Lipinski definition) is 1. The summed E-state index contributed by atoms with van der Waals surface area (Å²) in [7, 11) is 0. The number of nitrogens with one attached hydrogen (secondary N) is 1. The van der Waals surface area contributed by atoms with Crippen LogP contribution in [0.25, 0.3) is 5.65 Å². The van der Waals surface area contributed by atoms with Gasteiger partial charge in [-0.3, -0.25) is 9.69 Å². The Balaban J connectivity index is 1.20. The van der Waals surface area contributed by atoms with E-state index in [4.69, 9.17) is 9.47 Å². The van der Waals surface area contributed by atoms with E-state index in [1.54, 1.807) is 12.4 Å². The van der Waals surface area contributed by atoms with Crippen molar-refractivity contribution in [2.75, 3.05) is 26.3 Å². The van der Waals surface area contributed by atoms with Crippen LogP contribution < -0.4 is 5.32 Å². The minimum atomic E-state index is -0.530. The van der Waals surface area contributed by atoms with Gasteiger partial charge >= 0.3 is 0 Å². The van der Waals surface area contributed by atoms with Crippen molar-refractivity contribution in [2.45, 2.75) is 45.1 Å². The zero-order valence-corrected chi connectivity index (χ0v) is 18.5. The molecular weight excluding hydrogens is 408 g/mol. The second kappa shape index (κ2) is 8.57. The minimum absolute atomic E-state index is 0.149. The van der Waals surface area contributed by atoms with E-state index in [1.807, 2.05) is 25.1 Å². The third-order valence-electron chi connectivity index (χ3n) is 6.18. The Labute approximate surface area is 186 Å². The third kappa shape index (κ3) is 4.23. The Hall–Kier alpha value is -2.88. The predicted octanol–water partition coefficient (Wildman–Crippen LogP) is 1.42. The van der Waals surface area contributed by atoms with Gasteiger partial charge in [0.25, 0.3) is 0 Å². The molecule has 2 aliphatic heterocycles. The van der Waals surface area contributed by atoms with Gasteiger partial charge in [0.05, 0.1) is 31.1 Å². The van der Waals surface area contributed by atoms with Gasteiger partial charge in [-0.2, -0.15) is 0 Å². The molecule has 32 heavy (non-hydrogen) atoms. The predicted molar refractivity (Wildman–Crippen MR) is 117 cm³/mol. The van der Waals surface area contributed by atoms with Crippen LogP contribution in [0.5, 0.6) is 0 Å². The lowest BCUT2D eigenvalue weighted by molar-refractivity contribution is -0.130. The fourth-order valence-electron chi connectivity index (χ4n) is 4.50. The normalized spacial score (nSPS) is 23.8. The maximum atomic E-state index is 12.7. The SMILES string of the molecule is Cc1cnc(CNC(=O)C2CC3(CO2)CN(Cc2c(C)nc4ccccn24)CCO3)nc1. The molecule has 1 spiro atoms. The first-order valence-corrected chi connectivity index (χ1v) is 11.0. The molecule has 0 bridgehead atoms. The Kier molecular flexibility index (Phi) is 5.62. The van der Waals surface area contributed by atoms with Crippen molar-refractivity contribution in [3.05, 3.63) is 59.6 Å². The van der Waals surface area contributed by atoms with Crippen molar-refractivity contribution in [1.82, 2.24) is 29.6 Å². The molecule has 2 fully saturated rings. The second-order valence-electron chi connectivity index (χ2n) is 8.71. The van der Waals surface area contributed by atoms with Gasteiger partial charge < -0.3 is 19.2 Å². The van der Waals surface area contributed by atoms with Gasteiger partial charge in [0.1, 0.15) is 23.2 Å². The summed E-state index contributed by atoms with van der Waals surface area (Å²) >= 11 is 0. The summed E-state index contributed by atoms with van der Waals surface area (Å²) in [6.07, 6.45) is 5.54. The molecule has 2 saturated heterocycles. The van der Waals surface area contributed by atoms with Crippen molar-refractivity contribution < 1.29 is 14.3 Å². The Morgan fingerprint density at radius 1 is 1.28 bits per heavy atom. The van der Waals surface area contributed by atoms with E-state index in [-0.39, 0.29) is 12.5 Å². The van der Waals surface area contributed by atoms with Crippen LogP contribution in [0.3, 0.4) is 0 Å². The van der Waals surface area contributed by atoms with E-state index in [9.17, 15) is 4.79 Å². The minimum Gasteiger partial charge on any atom is -0.370 e. The van der Waals surface area contributed by atoms with Crippen molar-refractivity contribution in [3.8, 4) is 0 Å². The highest BCUT2D eigenvalue weighted by molar-refractivity contribution is 5.81. The zero-order chi connectivity index (χ0) is 22.1. The number of nitrogens with zero attached hydrogens (tertiary/aromatic N) is 5. The van der Waals surface area contributed by atoms with E-state index in [0.29, 0.717) is 25.5 Å². The molecular formula is C23H28N6O3. The lowest BCUT2D eigenvalue weighted by Crippen LogP contribution is -2.52. The number of amides is 1. The number of morpholine rings is 1. The second-order valence-corrected chi connectivity index (χ2v) is 8.71. The highest BCUT2D eigenvalue weighted by Gasteiger charge is 2.47. The quantitative estimate of drug-likeness (QED) is 0.646.